The summed E-state index contributed by atoms with van der Waals surface area (Å²) in [5.41, 5.74) is 7.92. The number of hydrogen-bond acceptors (Lipinski definition) is 4. The fourth-order valence-corrected chi connectivity index (χ4v) is 5.35. The summed E-state index contributed by atoms with van der Waals surface area (Å²) in [5, 5.41) is 0.551. The van der Waals surface area contributed by atoms with Crippen molar-refractivity contribution >= 4 is 27.5 Å². The van der Waals surface area contributed by atoms with Gasteiger partial charge in [-0.15, -0.1) is 0 Å². The van der Waals surface area contributed by atoms with Crippen molar-refractivity contribution in [1.82, 2.24) is 4.72 Å². The zero-order chi connectivity index (χ0) is 15.6. The van der Waals surface area contributed by atoms with Gasteiger partial charge in [0.15, 0.2) is 0 Å². The molecular formula is C15H24N2O2S2. The van der Waals surface area contributed by atoms with Gasteiger partial charge in [0.2, 0.25) is 10.0 Å². The zero-order valence-electron chi connectivity index (χ0n) is 12.8. The number of thioether (sulfide) groups is 1. The van der Waals surface area contributed by atoms with Gasteiger partial charge in [-0.25, -0.2) is 13.1 Å². The fraction of sp³-hybridized carbons (Fsp3) is 0.600. The Kier molecular flexibility index (Phi) is 5.22. The highest BCUT2D eigenvalue weighted by Gasteiger charge is 2.27. The van der Waals surface area contributed by atoms with Crippen molar-refractivity contribution in [2.45, 2.75) is 55.7 Å². The molecule has 1 aromatic rings. The Balaban J connectivity index is 2.23. The number of nitrogen functional groups attached to an aromatic ring is 1. The van der Waals surface area contributed by atoms with E-state index in [4.69, 9.17) is 5.73 Å². The first-order valence-corrected chi connectivity index (χ1v) is 10.0. The van der Waals surface area contributed by atoms with Crippen molar-refractivity contribution in [2.24, 2.45) is 0 Å². The van der Waals surface area contributed by atoms with Crippen LogP contribution in [0.5, 0.6) is 0 Å². The van der Waals surface area contributed by atoms with Crippen molar-refractivity contribution in [3.05, 3.63) is 23.3 Å². The number of aryl methyl sites for hydroxylation is 1. The van der Waals surface area contributed by atoms with Crippen molar-refractivity contribution in [1.29, 1.82) is 0 Å². The second-order valence-electron chi connectivity index (χ2n) is 5.82. The van der Waals surface area contributed by atoms with Gasteiger partial charge in [-0.05, 0) is 62.6 Å². The van der Waals surface area contributed by atoms with Crippen LogP contribution in [0.25, 0.3) is 0 Å². The van der Waals surface area contributed by atoms with Gasteiger partial charge in [0, 0.05) is 17.0 Å². The minimum atomic E-state index is -3.51. The third-order valence-electron chi connectivity index (χ3n) is 4.12. The summed E-state index contributed by atoms with van der Waals surface area (Å²) in [5.74, 6) is 0. The smallest absolute Gasteiger partial charge is 0.241 e. The highest BCUT2D eigenvalue weighted by atomic mass is 32.2. The van der Waals surface area contributed by atoms with Gasteiger partial charge in [-0.1, -0.05) is 6.42 Å². The van der Waals surface area contributed by atoms with E-state index in [0.717, 1.165) is 24.8 Å². The van der Waals surface area contributed by atoms with E-state index in [1.165, 1.54) is 6.42 Å². The van der Waals surface area contributed by atoms with E-state index in [0.29, 0.717) is 21.4 Å². The summed E-state index contributed by atoms with van der Waals surface area (Å²) >= 11 is 1.82. The molecule has 0 aliphatic heterocycles. The Bertz CT molecular complexity index is 614. The molecule has 1 aromatic carbocycles. The first kappa shape index (κ1) is 16.6. The molecule has 0 heterocycles. The van der Waals surface area contributed by atoms with Crippen LogP contribution in [0.2, 0.25) is 0 Å². The molecule has 0 aromatic heterocycles. The summed E-state index contributed by atoms with van der Waals surface area (Å²) in [7, 11) is -3.51. The molecule has 1 aliphatic carbocycles. The summed E-state index contributed by atoms with van der Waals surface area (Å²) < 4.78 is 28.2. The molecule has 0 amide bonds. The number of hydrogen-bond donors (Lipinski definition) is 2. The molecule has 0 bridgehead atoms. The molecule has 2 atom stereocenters. The molecule has 2 unspecified atom stereocenters. The molecule has 6 heteroatoms. The SMILES string of the molecule is CSC1CCCC(NS(=O)(=O)c2cc(C)cc(N)c2C)C1. The molecule has 4 nitrogen and oxygen atoms in total. The standard InChI is InChI=1S/C15H24N2O2S2/c1-10-7-14(16)11(2)15(8-10)21(18,19)17-12-5-4-6-13(9-12)20-3/h7-8,12-13,17H,4-6,9,16H2,1-3H3. The van der Waals surface area contributed by atoms with Crippen LogP contribution in [0.4, 0.5) is 5.69 Å². The van der Waals surface area contributed by atoms with Crippen molar-refractivity contribution in [2.75, 3.05) is 12.0 Å². The fourth-order valence-electron chi connectivity index (χ4n) is 2.88. The second kappa shape index (κ2) is 6.58. The molecule has 21 heavy (non-hydrogen) atoms. The van der Waals surface area contributed by atoms with Gasteiger partial charge >= 0.3 is 0 Å². The van der Waals surface area contributed by atoms with Gasteiger partial charge in [-0.3, -0.25) is 0 Å². The van der Waals surface area contributed by atoms with Crippen LogP contribution >= 0.6 is 11.8 Å². The lowest BCUT2D eigenvalue weighted by atomic mass is 9.96. The summed E-state index contributed by atoms with van der Waals surface area (Å²) in [6.45, 7) is 3.62. The lowest BCUT2D eigenvalue weighted by Crippen LogP contribution is -2.39. The minimum absolute atomic E-state index is 0.0299. The first-order chi connectivity index (χ1) is 9.83. The monoisotopic (exact) mass is 328 g/mol. The maximum absolute atomic E-state index is 12.6. The number of nitrogens with two attached hydrogens (primary N) is 1. The molecular weight excluding hydrogens is 304 g/mol. The molecule has 0 saturated heterocycles. The van der Waals surface area contributed by atoms with Gasteiger partial charge in [-0.2, -0.15) is 11.8 Å². The van der Waals surface area contributed by atoms with E-state index < -0.39 is 10.0 Å². The topological polar surface area (TPSA) is 72.2 Å². The number of nitrogens with one attached hydrogen (secondary N) is 1. The predicted molar refractivity (Wildman–Crippen MR) is 90.2 cm³/mol. The van der Waals surface area contributed by atoms with Crippen LogP contribution in [0.15, 0.2) is 17.0 Å². The van der Waals surface area contributed by atoms with E-state index in [-0.39, 0.29) is 6.04 Å². The number of anilines is 1. The van der Waals surface area contributed by atoms with Crippen molar-refractivity contribution < 1.29 is 8.42 Å². The lowest BCUT2D eigenvalue weighted by molar-refractivity contribution is 0.420. The highest BCUT2D eigenvalue weighted by Crippen LogP contribution is 2.29. The Hall–Kier alpha value is -0.720. The van der Waals surface area contributed by atoms with Crippen LogP contribution in [-0.4, -0.2) is 26.0 Å². The van der Waals surface area contributed by atoms with E-state index in [1.54, 1.807) is 19.1 Å². The molecule has 0 radical (unpaired) electrons. The summed E-state index contributed by atoms with van der Waals surface area (Å²) in [6, 6.07) is 3.53. The average molecular weight is 329 g/mol. The third kappa shape index (κ3) is 3.93. The van der Waals surface area contributed by atoms with E-state index >= 15 is 0 Å². The molecule has 1 aliphatic rings. The zero-order valence-corrected chi connectivity index (χ0v) is 14.5. The van der Waals surface area contributed by atoms with Crippen molar-refractivity contribution in [3.8, 4) is 0 Å². The predicted octanol–water partition coefficient (Wildman–Crippen LogP) is 2.84. The quantitative estimate of drug-likeness (QED) is 0.834. The summed E-state index contributed by atoms with van der Waals surface area (Å²) in [6.07, 6.45) is 6.16. The largest absolute Gasteiger partial charge is 0.398 e. The average Bonchev–Trinajstić information content (AvgIpc) is 2.42. The maximum Gasteiger partial charge on any atom is 0.241 e. The highest BCUT2D eigenvalue weighted by molar-refractivity contribution is 7.99. The molecule has 3 N–H and O–H groups in total. The van der Waals surface area contributed by atoms with Crippen LogP contribution in [0, 0.1) is 13.8 Å². The molecule has 118 valence electrons. The van der Waals surface area contributed by atoms with E-state index in [9.17, 15) is 8.42 Å². The Labute approximate surface area is 131 Å². The van der Waals surface area contributed by atoms with Crippen LogP contribution in [-0.2, 0) is 10.0 Å². The number of benzene rings is 1. The van der Waals surface area contributed by atoms with E-state index in [2.05, 4.69) is 11.0 Å². The molecule has 1 fully saturated rings. The van der Waals surface area contributed by atoms with Gasteiger partial charge < -0.3 is 5.73 Å². The Morgan fingerprint density at radius 2 is 2.00 bits per heavy atom. The Morgan fingerprint density at radius 1 is 1.29 bits per heavy atom. The van der Waals surface area contributed by atoms with Crippen LogP contribution in [0.1, 0.15) is 36.8 Å². The Morgan fingerprint density at radius 3 is 2.67 bits per heavy atom. The second-order valence-corrected chi connectivity index (χ2v) is 8.64. The van der Waals surface area contributed by atoms with Gasteiger partial charge in [0.25, 0.3) is 0 Å². The molecule has 2 rings (SSSR count). The first-order valence-electron chi connectivity index (χ1n) is 7.25. The van der Waals surface area contributed by atoms with Crippen molar-refractivity contribution in [3.63, 3.8) is 0 Å². The number of sulfonamides is 1. The maximum atomic E-state index is 12.6. The lowest BCUT2D eigenvalue weighted by Gasteiger charge is -2.28. The minimum Gasteiger partial charge on any atom is -0.398 e. The van der Waals surface area contributed by atoms with Crippen LogP contribution in [0.3, 0.4) is 0 Å². The molecule has 1 saturated carbocycles. The third-order valence-corrected chi connectivity index (χ3v) is 6.86. The summed E-state index contributed by atoms with van der Waals surface area (Å²) in [4.78, 5) is 0.311. The molecule has 0 spiro atoms. The van der Waals surface area contributed by atoms with Crippen LogP contribution < -0.4 is 10.5 Å². The van der Waals surface area contributed by atoms with Gasteiger partial charge in [0.1, 0.15) is 0 Å². The van der Waals surface area contributed by atoms with E-state index in [1.807, 2.05) is 18.7 Å². The number of rotatable bonds is 4. The normalized spacial score (nSPS) is 23.2. The van der Waals surface area contributed by atoms with Gasteiger partial charge in [0.05, 0.1) is 4.90 Å².